The van der Waals surface area contributed by atoms with Gasteiger partial charge in [-0.15, -0.1) is 0 Å². The Labute approximate surface area is 355 Å². The highest BCUT2D eigenvalue weighted by Crippen LogP contribution is 2.47. The van der Waals surface area contributed by atoms with Crippen molar-refractivity contribution in [1.82, 2.24) is 10.6 Å². The number of fused-ring (bicyclic) bond motifs is 7. The van der Waals surface area contributed by atoms with E-state index in [1.807, 2.05) is 0 Å². The number of nitrogens with zero attached hydrogens (tertiary/aromatic N) is 1. The summed E-state index contributed by atoms with van der Waals surface area (Å²) in [6, 6.07) is 4.87. The first-order valence-corrected chi connectivity index (χ1v) is 23.5. The number of aryl methyl sites for hydroxylation is 2. The highest BCUT2D eigenvalue weighted by Gasteiger charge is 2.42. The Bertz CT molecular complexity index is 2000. The molecular formula is C45H58N4O8S2. The van der Waals surface area contributed by atoms with Crippen LogP contribution in [0, 0.1) is 41.4 Å². The maximum atomic E-state index is 13.2. The largest absolute Gasteiger partial charge is 0.504 e. The molecule has 1 spiro atoms. The van der Waals surface area contributed by atoms with Gasteiger partial charge in [-0.1, -0.05) is 90.5 Å². The van der Waals surface area contributed by atoms with Gasteiger partial charge in [0.15, 0.2) is 35.8 Å². The zero-order valence-corrected chi connectivity index (χ0v) is 35.7. The normalized spacial score (nSPS) is 27.5. The van der Waals surface area contributed by atoms with Crippen LogP contribution >= 0.6 is 21.6 Å². The lowest BCUT2D eigenvalue weighted by Crippen LogP contribution is -2.52. The van der Waals surface area contributed by atoms with Crippen LogP contribution in [-0.2, 0) is 30.5 Å². The summed E-state index contributed by atoms with van der Waals surface area (Å²) in [5.41, 5.74) is 10.0. The van der Waals surface area contributed by atoms with Crippen molar-refractivity contribution in [2.45, 2.75) is 127 Å². The van der Waals surface area contributed by atoms with Gasteiger partial charge in [-0.25, -0.2) is 4.99 Å². The average Bonchev–Trinajstić information content (AvgIpc) is 3.21. The number of aromatic hydroxyl groups is 1. The average molecular weight is 847 g/mol. The number of hydrogen-bond acceptors (Lipinski definition) is 14. The second-order valence-electron chi connectivity index (χ2n) is 16.8. The topological polar surface area (TPSA) is 188 Å². The van der Waals surface area contributed by atoms with Crippen LogP contribution in [0.15, 0.2) is 23.2 Å². The molecule has 6 bridgehead atoms. The minimum atomic E-state index is -1.20. The minimum absolute atomic E-state index is 0.00970. The van der Waals surface area contributed by atoms with Crippen LogP contribution in [0.4, 0.5) is 0 Å². The molecule has 318 valence electrons. The molecule has 1 fully saturated rings. The molecule has 0 amide bonds. The van der Waals surface area contributed by atoms with Gasteiger partial charge in [0.2, 0.25) is 6.29 Å². The molecule has 8 rings (SSSR count). The Morgan fingerprint density at radius 2 is 1.83 bits per heavy atom. The van der Waals surface area contributed by atoms with Gasteiger partial charge < -0.3 is 45.7 Å². The fraction of sp³-hybridized carbons (Fsp3) is 0.600. The first kappa shape index (κ1) is 43.3. The van der Waals surface area contributed by atoms with Crippen molar-refractivity contribution in [2.75, 3.05) is 25.0 Å². The summed E-state index contributed by atoms with van der Waals surface area (Å²) in [5, 5.41) is 50.9. The SMILES string of the molecule is CC(C)C1CSSCC2C(C#CCC3(CCCCC3)NCOc3c4cc(c5c3OC(O)C2C5)CCC(O)CC(=O)CCc2ccc(O)c(OCO)c2C#CC4)NC(N)=N1. The first-order chi connectivity index (χ1) is 28.5. The molecule has 0 aromatic heterocycles. The molecule has 0 saturated heterocycles. The quantitative estimate of drug-likeness (QED) is 0.128. The van der Waals surface area contributed by atoms with Gasteiger partial charge >= 0.3 is 0 Å². The summed E-state index contributed by atoms with van der Waals surface area (Å²) in [6.45, 7) is 3.82. The Morgan fingerprint density at radius 1 is 1.02 bits per heavy atom. The number of Topliss-reactive ketones (excluding diaryl/α,β-unsaturated/α-hetero) is 1. The van der Waals surface area contributed by atoms with E-state index in [4.69, 9.17) is 24.9 Å². The van der Waals surface area contributed by atoms with Crippen LogP contribution in [-0.4, -0.2) is 87.2 Å². The number of carbonyl (C=O) groups excluding carboxylic acids is 1. The number of nitrogens with one attached hydrogen (secondary N) is 2. The predicted octanol–water partition coefficient (Wildman–Crippen LogP) is 4.73. The van der Waals surface area contributed by atoms with E-state index < -0.39 is 25.2 Å². The molecule has 2 aliphatic carbocycles. The number of carbonyl (C=O) groups is 1. The van der Waals surface area contributed by atoms with E-state index >= 15 is 0 Å². The van der Waals surface area contributed by atoms with Crippen molar-refractivity contribution < 1.29 is 39.4 Å². The monoisotopic (exact) mass is 846 g/mol. The standard InChI is InChI=1S/C45H58N4O8S2/c1-27(2)38-24-59-58-23-36-35-22-34-29-12-15-32(52)21-31(51)14-11-28-13-16-39(53)41(56-26-50)33(28)9-6-8-30(20-29)40(42(34)57-43(35)54)55-25-47-45(17-4-3-5-18-45)19-7-10-37(36)48-44(46)49-38/h13,16,20,27,32,35-38,43,47,50,52-54H,3-5,8,11-12,14-15,17-19,21-26H2,1-2H3,(H3,46,48,49). The summed E-state index contributed by atoms with van der Waals surface area (Å²) in [7, 11) is 3.53. The number of hydrogen-bond donors (Lipinski definition) is 7. The van der Waals surface area contributed by atoms with Crippen molar-refractivity contribution in [3.63, 3.8) is 0 Å². The summed E-state index contributed by atoms with van der Waals surface area (Å²) < 4.78 is 18.8. The van der Waals surface area contributed by atoms with Crippen LogP contribution < -0.4 is 30.6 Å². The van der Waals surface area contributed by atoms with Crippen molar-refractivity contribution in [1.29, 1.82) is 0 Å². The number of aliphatic hydroxyl groups is 3. The van der Waals surface area contributed by atoms with Crippen molar-refractivity contribution in [2.24, 2.45) is 28.5 Å². The zero-order valence-electron chi connectivity index (χ0n) is 34.1. The van der Waals surface area contributed by atoms with Crippen LogP contribution in [0.5, 0.6) is 23.0 Å². The van der Waals surface area contributed by atoms with E-state index in [1.165, 1.54) is 12.5 Å². The molecule has 2 aromatic carbocycles. The predicted molar refractivity (Wildman–Crippen MR) is 231 cm³/mol. The van der Waals surface area contributed by atoms with E-state index in [0.29, 0.717) is 72.4 Å². The number of ketones is 1. The molecule has 4 heterocycles. The fourth-order valence-corrected chi connectivity index (χ4v) is 11.8. The third kappa shape index (κ3) is 10.4. The van der Waals surface area contributed by atoms with E-state index in [1.54, 1.807) is 27.7 Å². The molecule has 8 N–H and O–H groups in total. The lowest BCUT2D eigenvalue weighted by atomic mass is 9.78. The van der Waals surface area contributed by atoms with Crippen molar-refractivity contribution >= 4 is 33.3 Å². The number of ether oxygens (including phenoxy) is 3. The summed E-state index contributed by atoms with van der Waals surface area (Å²) in [4.78, 5) is 18.1. The van der Waals surface area contributed by atoms with Gasteiger partial charge in [0.05, 0.1) is 23.8 Å². The number of guanidine groups is 1. The molecule has 2 aromatic rings. The summed E-state index contributed by atoms with van der Waals surface area (Å²) in [5.74, 6) is 15.9. The molecule has 0 radical (unpaired) electrons. The number of aliphatic imine (C=N–C) groups is 1. The maximum Gasteiger partial charge on any atom is 0.201 e. The maximum absolute atomic E-state index is 13.2. The molecule has 12 nitrogen and oxygen atoms in total. The Hall–Kier alpha value is -3.76. The molecular weight excluding hydrogens is 789 g/mol. The van der Waals surface area contributed by atoms with E-state index in [0.717, 1.165) is 48.1 Å². The molecule has 6 atom stereocenters. The number of phenolic OH excluding ortho intramolecular Hbond substituents is 1. The van der Waals surface area contributed by atoms with Crippen LogP contribution in [0.3, 0.4) is 0 Å². The van der Waals surface area contributed by atoms with Crippen molar-refractivity contribution in [3.05, 3.63) is 46.0 Å². The van der Waals surface area contributed by atoms with Crippen LogP contribution in [0.2, 0.25) is 0 Å². The third-order valence-corrected chi connectivity index (χ3v) is 14.9. The number of aliphatic hydroxyl groups excluding tert-OH is 3. The lowest BCUT2D eigenvalue weighted by molar-refractivity contribution is -0.121. The molecule has 59 heavy (non-hydrogen) atoms. The van der Waals surface area contributed by atoms with E-state index in [2.05, 4.69) is 54.2 Å². The molecule has 4 aliphatic heterocycles. The second-order valence-corrected chi connectivity index (χ2v) is 19.4. The number of rotatable bonds is 3. The molecule has 6 aliphatic rings. The highest BCUT2D eigenvalue weighted by molar-refractivity contribution is 8.76. The van der Waals surface area contributed by atoms with Gasteiger partial charge in [0, 0.05) is 65.7 Å². The summed E-state index contributed by atoms with van der Waals surface area (Å²) >= 11 is 0. The number of nitrogens with two attached hydrogens (primary N) is 1. The molecule has 1 saturated carbocycles. The Morgan fingerprint density at radius 3 is 2.63 bits per heavy atom. The minimum Gasteiger partial charge on any atom is -0.504 e. The zero-order chi connectivity index (χ0) is 41.5. The van der Waals surface area contributed by atoms with Gasteiger partial charge in [0.1, 0.15) is 12.5 Å². The van der Waals surface area contributed by atoms with E-state index in [-0.39, 0.29) is 66.7 Å². The Balaban J connectivity index is 1.35. The lowest BCUT2D eigenvalue weighted by Gasteiger charge is -2.41. The molecule has 6 unspecified atom stereocenters. The van der Waals surface area contributed by atoms with E-state index in [9.17, 15) is 25.2 Å². The second kappa shape index (κ2) is 19.7. The van der Waals surface area contributed by atoms with Gasteiger partial charge in [-0.2, -0.15) is 0 Å². The van der Waals surface area contributed by atoms with Gasteiger partial charge in [-0.05, 0) is 61.6 Å². The highest BCUT2D eigenvalue weighted by atomic mass is 33.1. The van der Waals surface area contributed by atoms with Gasteiger partial charge in [0.25, 0.3) is 0 Å². The van der Waals surface area contributed by atoms with Crippen LogP contribution in [0.25, 0.3) is 0 Å². The summed E-state index contributed by atoms with van der Waals surface area (Å²) in [6.07, 6.45) is 5.76. The van der Waals surface area contributed by atoms with Crippen LogP contribution in [0.1, 0.15) is 99.5 Å². The first-order valence-electron chi connectivity index (χ1n) is 21.0. The fourth-order valence-electron chi connectivity index (χ4n) is 8.97. The van der Waals surface area contributed by atoms with Crippen molar-refractivity contribution in [3.8, 4) is 46.7 Å². The number of benzene rings is 2. The third-order valence-electron chi connectivity index (χ3n) is 12.5. The Kier molecular flexibility index (Phi) is 14.5. The van der Waals surface area contributed by atoms with Gasteiger partial charge in [-0.3, -0.25) is 10.1 Å². The smallest absolute Gasteiger partial charge is 0.201 e. The number of phenols is 1. The molecule has 14 heteroatoms.